The Hall–Kier alpha value is -4.35. The molecule has 4 aromatic rings. The lowest BCUT2D eigenvalue weighted by molar-refractivity contribution is -0.137. The average molecular weight is 508 g/mol. The summed E-state index contributed by atoms with van der Waals surface area (Å²) in [4.78, 5) is 15.8. The zero-order chi connectivity index (χ0) is 25.9. The second-order valence-electron chi connectivity index (χ2n) is 7.74. The molecule has 0 spiro atoms. The van der Waals surface area contributed by atoms with E-state index in [2.05, 4.69) is 16.4 Å². The molecule has 9 heteroatoms. The van der Waals surface area contributed by atoms with Gasteiger partial charge >= 0.3 is 6.18 Å². The summed E-state index contributed by atoms with van der Waals surface area (Å²) in [6.07, 6.45) is -4.54. The molecule has 5 nitrogen and oxygen atoms in total. The summed E-state index contributed by atoms with van der Waals surface area (Å²) in [5.41, 5.74) is 1.10. The van der Waals surface area contributed by atoms with Crippen molar-refractivity contribution in [1.29, 1.82) is 5.26 Å². The van der Waals surface area contributed by atoms with Crippen molar-refractivity contribution in [2.45, 2.75) is 13.1 Å². The van der Waals surface area contributed by atoms with Gasteiger partial charge < -0.3 is 10.1 Å². The van der Waals surface area contributed by atoms with E-state index < -0.39 is 11.7 Å². The minimum atomic E-state index is -4.54. The van der Waals surface area contributed by atoms with Gasteiger partial charge in [-0.2, -0.15) is 18.4 Å². The molecule has 0 atom stereocenters. The van der Waals surface area contributed by atoms with Gasteiger partial charge in [-0.15, -0.1) is 0 Å². The van der Waals surface area contributed by atoms with Gasteiger partial charge in [0.15, 0.2) is 0 Å². The van der Waals surface area contributed by atoms with Crippen LogP contribution in [0.3, 0.4) is 0 Å². The summed E-state index contributed by atoms with van der Waals surface area (Å²) < 4.78 is 46.0. The molecular formula is C27H17ClF3N3O2. The van der Waals surface area contributed by atoms with E-state index in [9.17, 15) is 23.2 Å². The number of nitrogens with one attached hydrogen (secondary N) is 1. The maximum absolute atomic E-state index is 13.3. The van der Waals surface area contributed by atoms with Gasteiger partial charge in [0.25, 0.3) is 0 Å². The van der Waals surface area contributed by atoms with Gasteiger partial charge in [0.1, 0.15) is 17.4 Å². The molecule has 0 radical (unpaired) electrons. The van der Waals surface area contributed by atoms with Crippen molar-refractivity contribution in [3.05, 3.63) is 95.0 Å². The predicted molar refractivity (Wildman–Crippen MR) is 131 cm³/mol. The van der Waals surface area contributed by atoms with Crippen LogP contribution < -0.4 is 10.1 Å². The van der Waals surface area contributed by atoms with Crippen molar-refractivity contribution in [2.24, 2.45) is 0 Å². The number of carbonyl (C=O) groups is 1. The van der Waals surface area contributed by atoms with Crippen LogP contribution in [-0.2, 0) is 11.0 Å². The number of ether oxygens (including phenoxy) is 1. The van der Waals surface area contributed by atoms with Crippen molar-refractivity contribution < 1.29 is 22.7 Å². The first-order valence-electron chi connectivity index (χ1n) is 10.6. The molecule has 0 aliphatic heterocycles. The van der Waals surface area contributed by atoms with Crippen LogP contribution >= 0.6 is 11.6 Å². The predicted octanol–water partition coefficient (Wildman–Crippen LogP) is 7.71. The highest BCUT2D eigenvalue weighted by Gasteiger charge is 2.30. The zero-order valence-electron chi connectivity index (χ0n) is 18.7. The summed E-state index contributed by atoms with van der Waals surface area (Å²) in [6, 6.07) is 21.5. The Labute approximate surface area is 209 Å². The Morgan fingerprint density at radius 1 is 1.00 bits per heavy atom. The molecule has 1 N–H and O–H groups in total. The molecule has 0 aliphatic carbocycles. The number of pyridine rings is 1. The molecule has 4 rings (SSSR count). The number of carbonyl (C=O) groups excluding carboxylic acids is 1. The maximum atomic E-state index is 13.3. The van der Waals surface area contributed by atoms with Gasteiger partial charge in [-0.05, 0) is 48.0 Å². The van der Waals surface area contributed by atoms with Crippen LogP contribution in [0.2, 0.25) is 5.02 Å². The van der Waals surface area contributed by atoms with Gasteiger partial charge in [-0.25, -0.2) is 4.98 Å². The number of hydrogen-bond donors (Lipinski definition) is 1. The van der Waals surface area contributed by atoms with Crippen molar-refractivity contribution >= 4 is 23.2 Å². The summed E-state index contributed by atoms with van der Waals surface area (Å²) in [5.74, 6) is -0.106. The molecule has 180 valence electrons. The van der Waals surface area contributed by atoms with E-state index in [0.717, 1.165) is 12.1 Å². The molecule has 0 aliphatic rings. The molecule has 0 saturated heterocycles. The third-order valence-electron chi connectivity index (χ3n) is 5.11. The lowest BCUT2D eigenvalue weighted by Crippen LogP contribution is -2.06. The number of nitrogens with zero attached hydrogens (tertiary/aromatic N) is 2. The van der Waals surface area contributed by atoms with Crippen molar-refractivity contribution in [2.75, 3.05) is 5.32 Å². The maximum Gasteiger partial charge on any atom is 0.416 e. The number of hydrogen-bond acceptors (Lipinski definition) is 4. The number of amides is 1. The molecule has 0 bridgehead atoms. The fourth-order valence-corrected chi connectivity index (χ4v) is 3.64. The fourth-order valence-electron chi connectivity index (χ4n) is 3.52. The van der Waals surface area contributed by atoms with Crippen LogP contribution in [0.15, 0.2) is 78.9 Å². The molecule has 1 heterocycles. The van der Waals surface area contributed by atoms with Gasteiger partial charge in [-0.3, -0.25) is 4.79 Å². The van der Waals surface area contributed by atoms with Crippen LogP contribution in [0.4, 0.5) is 18.9 Å². The van der Waals surface area contributed by atoms with Gasteiger partial charge in [0.05, 0.1) is 11.3 Å². The quantitative estimate of drug-likeness (QED) is 0.300. The largest absolute Gasteiger partial charge is 0.438 e. The smallest absolute Gasteiger partial charge is 0.416 e. The number of aromatic nitrogens is 1. The van der Waals surface area contributed by atoms with Crippen molar-refractivity contribution in [3.63, 3.8) is 0 Å². The number of alkyl halides is 3. The third kappa shape index (κ3) is 5.65. The SMILES string of the molecule is CC(=O)Nc1cccc(Oc2nc(-c3cccc(C(F)(F)F)c3)cc(-c3ccc(Cl)cc3)c2C#N)c1. The minimum Gasteiger partial charge on any atom is -0.438 e. The van der Waals surface area contributed by atoms with Crippen molar-refractivity contribution in [3.8, 4) is 40.1 Å². The molecule has 36 heavy (non-hydrogen) atoms. The number of rotatable bonds is 5. The summed E-state index contributed by atoms with van der Waals surface area (Å²) in [6.45, 7) is 1.36. The molecule has 1 aromatic heterocycles. The molecule has 0 fully saturated rings. The second kappa shape index (κ2) is 10.1. The van der Waals surface area contributed by atoms with Gasteiger partial charge in [-0.1, -0.05) is 41.9 Å². The lowest BCUT2D eigenvalue weighted by atomic mass is 9.98. The first kappa shape index (κ1) is 24.8. The Kier molecular flexibility index (Phi) is 6.95. The van der Waals surface area contributed by atoms with E-state index in [1.165, 1.54) is 25.1 Å². The highest BCUT2D eigenvalue weighted by atomic mass is 35.5. The first-order chi connectivity index (χ1) is 17.1. The van der Waals surface area contributed by atoms with E-state index in [0.29, 0.717) is 21.8 Å². The lowest BCUT2D eigenvalue weighted by Gasteiger charge is -2.15. The summed E-state index contributed by atoms with van der Waals surface area (Å²) >= 11 is 6.01. The van der Waals surface area contributed by atoms with Gasteiger partial charge in [0, 0.05) is 34.8 Å². The van der Waals surface area contributed by atoms with E-state index in [-0.39, 0.29) is 34.4 Å². The standard InChI is InChI=1S/C27H17ClF3N3O2/c1-16(35)33-21-6-3-7-22(13-21)36-26-24(15-32)23(17-8-10-20(28)11-9-17)14-25(34-26)18-4-2-5-19(12-18)27(29,30)31/h2-14H,1H3,(H,33,35). The summed E-state index contributed by atoms with van der Waals surface area (Å²) in [5, 5.41) is 13.1. The topological polar surface area (TPSA) is 75.0 Å². The minimum absolute atomic E-state index is 0.0815. The molecule has 0 unspecified atom stereocenters. The molecule has 0 saturated carbocycles. The normalized spacial score (nSPS) is 11.0. The average Bonchev–Trinajstić information content (AvgIpc) is 2.83. The van der Waals surface area contributed by atoms with Crippen molar-refractivity contribution in [1.82, 2.24) is 4.98 Å². The Morgan fingerprint density at radius 3 is 2.39 bits per heavy atom. The zero-order valence-corrected chi connectivity index (χ0v) is 19.5. The van der Waals surface area contributed by atoms with Crippen LogP contribution in [0.5, 0.6) is 11.6 Å². The monoisotopic (exact) mass is 507 g/mol. The molecule has 1 amide bonds. The van der Waals surface area contributed by atoms with E-state index >= 15 is 0 Å². The first-order valence-corrected chi connectivity index (χ1v) is 11.0. The Morgan fingerprint density at radius 2 is 1.72 bits per heavy atom. The molecule has 3 aromatic carbocycles. The van der Waals surface area contributed by atoms with E-state index in [1.54, 1.807) is 48.5 Å². The number of nitriles is 1. The number of anilines is 1. The van der Waals surface area contributed by atoms with Crippen LogP contribution in [0, 0.1) is 11.3 Å². The second-order valence-corrected chi connectivity index (χ2v) is 8.18. The van der Waals surface area contributed by atoms with Gasteiger partial charge in [0.2, 0.25) is 11.8 Å². The van der Waals surface area contributed by atoms with Crippen LogP contribution in [0.25, 0.3) is 22.4 Å². The highest BCUT2D eigenvalue weighted by molar-refractivity contribution is 6.30. The number of benzene rings is 3. The van der Waals surface area contributed by atoms with E-state index in [1.807, 2.05) is 0 Å². The Bertz CT molecular complexity index is 1480. The highest BCUT2D eigenvalue weighted by Crippen LogP contribution is 2.38. The number of halogens is 4. The van der Waals surface area contributed by atoms with E-state index in [4.69, 9.17) is 16.3 Å². The molecular weight excluding hydrogens is 491 g/mol. The summed E-state index contributed by atoms with van der Waals surface area (Å²) in [7, 11) is 0. The van der Waals surface area contributed by atoms with Crippen LogP contribution in [-0.4, -0.2) is 10.9 Å². The fraction of sp³-hybridized carbons (Fsp3) is 0.0741. The third-order valence-corrected chi connectivity index (χ3v) is 5.36. The van der Waals surface area contributed by atoms with Crippen LogP contribution in [0.1, 0.15) is 18.1 Å². The Balaban J connectivity index is 1.89.